The number of ether oxygens (including phenoxy) is 1. The van der Waals surface area contributed by atoms with Gasteiger partial charge in [0, 0.05) is 12.3 Å². The minimum Gasteiger partial charge on any atom is -0.475 e. The fourth-order valence-electron chi connectivity index (χ4n) is 1.52. The Kier molecular flexibility index (Phi) is 4.12. The standard InChI is InChI=1S/C13H17N5O/c1-9(2)19-12-7-11(17-13(14)18-12)16-8-10-5-3-4-6-15-10/h3-7,9H,8H2,1-2H3,(H3,14,16,17,18). The lowest BCUT2D eigenvalue weighted by molar-refractivity contribution is 0.233. The molecule has 0 saturated carbocycles. The highest BCUT2D eigenvalue weighted by Gasteiger charge is 2.05. The Hall–Kier alpha value is -2.37. The van der Waals surface area contributed by atoms with E-state index in [2.05, 4.69) is 20.3 Å². The van der Waals surface area contributed by atoms with Crippen molar-refractivity contribution < 1.29 is 4.74 Å². The molecule has 0 spiro atoms. The SMILES string of the molecule is CC(C)Oc1cc(NCc2ccccn2)nc(N)n1. The molecule has 0 radical (unpaired) electrons. The van der Waals surface area contributed by atoms with Crippen molar-refractivity contribution in [2.75, 3.05) is 11.1 Å². The molecule has 2 aromatic heterocycles. The normalized spacial score (nSPS) is 10.5. The Morgan fingerprint density at radius 1 is 1.32 bits per heavy atom. The number of nitrogens with one attached hydrogen (secondary N) is 1. The van der Waals surface area contributed by atoms with Crippen LogP contribution in [0.25, 0.3) is 0 Å². The molecular formula is C13H17N5O. The topological polar surface area (TPSA) is 86.0 Å². The average molecular weight is 259 g/mol. The van der Waals surface area contributed by atoms with Gasteiger partial charge < -0.3 is 15.8 Å². The van der Waals surface area contributed by atoms with Crippen molar-refractivity contribution in [3.8, 4) is 5.88 Å². The van der Waals surface area contributed by atoms with Crippen molar-refractivity contribution >= 4 is 11.8 Å². The van der Waals surface area contributed by atoms with Crippen LogP contribution in [0, 0.1) is 0 Å². The molecule has 0 saturated heterocycles. The van der Waals surface area contributed by atoms with Crippen molar-refractivity contribution in [1.82, 2.24) is 15.0 Å². The summed E-state index contributed by atoms with van der Waals surface area (Å²) in [6.45, 7) is 4.43. The molecule has 0 bridgehead atoms. The molecule has 3 N–H and O–H groups in total. The second-order valence-electron chi connectivity index (χ2n) is 4.29. The molecule has 0 aromatic carbocycles. The molecule has 0 unspecified atom stereocenters. The number of nitrogen functional groups attached to an aromatic ring is 1. The summed E-state index contributed by atoms with van der Waals surface area (Å²) < 4.78 is 5.50. The maximum Gasteiger partial charge on any atom is 0.225 e. The number of rotatable bonds is 5. The third-order valence-electron chi connectivity index (χ3n) is 2.25. The zero-order valence-electron chi connectivity index (χ0n) is 11.0. The monoisotopic (exact) mass is 259 g/mol. The largest absolute Gasteiger partial charge is 0.475 e. The van der Waals surface area contributed by atoms with E-state index in [0.29, 0.717) is 18.2 Å². The van der Waals surface area contributed by atoms with E-state index >= 15 is 0 Å². The highest BCUT2D eigenvalue weighted by atomic mass is 16.5. The Morgan fingerprint density at radius 2 is 2.16 bits per heavy atom. The van der Waals surface area contributed by atoms with E-state index < -0.39 is 0 Å². The second-order valence-corrected chi connectivity index (χ2v) is 4.29. The van der Waals surface area contributed by atoms with Crippen LogP contribution in [-0.2, 0) is 6.54 Å². The Bertz CT molecular complexity index is 530. The molecule has 0 fully saturated rings. The predicted octanol–water partition coefficient (Wildman–Crippen LogP) is 1.85. The predicted molar refractivity (Wildman–Crippen MR) is 73.8 cm³/mol. The molecule has 2 heterocycles. The zero-order valence-corrected chi connectivity index (χ0v) is 11.0. The lowest BCUT2D eigenvalue weighted by Crippen LogP contribution is -2.10. The average Bonchev–Trinajstić information content (AvgIpc) is 2.36. The van der Waals surface area contributed by atoms with E-state index in [-0.39, 0.29) is 12.1 Å². The number of nitrogens with zero attached hydrogens (tertiary/aromatic N) is 3. The van der Waals surface area contributed by atoms with Crippen LogP contribution in [-0.4, -0.2) is 21.1 Å². The fourth-order valence-corrected chi connectivity index (χ4v) is 1.52. The van der Waals surface area contributed by atoms with Gasteiger partial charge in [-0.1, -0.05) is 6.07 Å². The summed E-state index contributed by atoms with van der Waals surface area (Å²) in [5, 5.41) is 3.14. The molecule has 0 aliphatic rings. The van der Waals surface area contributed by atoms with E-state index in [1.165, 1.54) is 0 Å². The maximum absolute atomic E-state index is 5.65. The molecule has 0 aliphatic heterocycles. The molecule has 0 amide bonds. The first-order valence-corrected chi connectivity index (χ1v) is 6.08. The second kappa shape index (κ2) is 5.99. The van der Waals surface area contributed by atoms with Gasteiger partial charge in [0.25, 0.3) is 0 Å². The van der Waals surface area contributed by atoms with Crippen LogP contribution in [0.5, 0.6) is 5.88 Å². The van der Waals surface area contributed by atoms with Gasteiger partial charge in [-0.25, -0.2) is 0 Å². The fraction of sp³-hybridized carbons (Fsp3) is 0.308. The first-order valence-electron chi connectivity index (χ1n) is 6.08. The molecule has 6 heteroatoms. The van der Waals surface area contributed by atoms with Crippen molar-refractivity contribution in [3.05, 3.63) is 36.2 Å². The van der Waals surface area contributed by atoms with Crippen LogP contribution in [0.3, 0.4) is 0 Å². The number of aromatic nitrogens is 3. The smallest absolute Gasteiger partial charge is 0.225 e. The van der Waals surface area contributed by atoms with Crippen LogP contribution >= 0.6 is 0 Å². The molecule has 2 rings (SSSR count). The van der Waals surface area contributed by atoms with Gasteiger partial charge >= 0.3 is 0 Å². The van der Waals surface area contributed by atoms with E-state index in [9.17, 15) is 0 Å². The van der Waals surface area contributed by atoms with Gasteiger partial charge in [0.05, 0.1) is 18.3 Å². The molecular weight excluding hydrogens is 242 g/mol. The third kappa shape index (κ3) is 4.09. The summed E-state index contributed by atoms with van der Waals surface area (Å²) in [5.74, 6) is 1.27. The first-order chi connectivity index (χ1) is 9.13. The van der Waals surface area contributed by atoms with Crippen LogP contribution in [0.2, 0.25) is 0 Å². The van der Waals surface area contributed by atoms with Gasteiger partial charge in [0.1, 0.15) is 5.82 Å². The molecule has 6 nitrogen and oxygen atoms in total. The minimum atomic E-state index is 0.0398. The summed E-state index contributed by atoms with van der Waals surface area (Å²) in [4.78, 5) is 12.3. The number of anilines is 2. The van der Waals surface area contributed by atoms with E-state index in [4.69, 9.17) is 10.5 Å². The van der Waals surface area contributed by atoms with Gasteiger partial charge in [-0.2, -0.15) is 9.97 Å². The Labute approximate surface area is 112 Å². The zero-order chi connectivity index (χ0) is 13.7. The number of hydrogen-bond donors (Lipinski definition) is 2. The molecule has 100 valence electrons. The van der Waals surface area contributed by atoms with Crippen LogP contribution in [0.15, 0.2) is 30.5 Å². The molecule has 2 aromatic rings. The Morgan fingerprint density at radius 3 is 2.84 bits per heavy atom. The van der Waals surface area contributed by atoms with E-state index in [0.717, 1.165) is 5.69 Å². The van der Waals surface area contributed by atoms with Crippen LogP contribution in [0.1, 0.15) is 19.5 Å². The van der Waals surface area contributed by atoms with Gasteiger partial charge in [0.2, 0.25) is 11.8 Å². The van der Waals surface area contributed by atoms with Gasteiger partial charge in [-0.15, -0.1) is 0 Å². The molecule has 0 aliphatic carbocycles. The Balaban J connectivity index is 2.05. The third-order valence-corrected chi connectivity index (χ3v) is 2.25. The number of hydrogen-bond acceptors (Lipinski definition) is 6. The highest BCUT2D eigenvalue weighted by molar-refractivity contribution is 5.43. The quantitative estimate of drug-likeness (QED) is 0.852. The maximum atomic E-state index is 5.65. The highest BCUT2D eigenvalue weighted by Crippen LogP contribution is 2.16. The van der Waals surface area contributed by atoms with Crippen molar-refractivity contribution in [2.45, 2.75) is 26.5 Å². The number of nitrogens with two attached hydrogens (primary N) is 1. The van der Waals surface area contributed by atoms with E-state index in [1.54, 1.807) is 12.3 Å². The summed E-state index contributed by atoms with van der Waals surface area (Å²) in [7, 11) is 0. The summed E-state index contributed by atoms with van der Waals surface area (Å²) in [5.41, 5.74) is 6.57. The van der Waals surface area contributed by atoms with Crippen molar-refractivity contribution in [3.63, 3.8) is 0 Å². The van der Waals surface area contributed by atoms with Crippen molar-refractivity contribution in [1.29, 1.82) is 0 Å². The van der Waals surface area contributed by atoms with Crippen molar-refractivity contribution in [2.24, 2.45) is 0 Å². The summed E-state index contributed by atoms with van der Waals surface area (Å²) in [6.07, 6.45) is 1.79. The van der Waals surface area contributed by atoms with Gasteiger partial charge in [-0.3, -0.25) is 4.98 Å². The number of pyridine rings is 1. The van der Waals surface area contributed by atoms with Crippen LogP contribution in [0.4, 0.5) is 11.8 Å². The minimum absolute atomic E-state index is 0.0398. The molecule has 19 heavy (non-hydrogen) atoms. The first kappa shape index (κ1) is 13.1. The lowest BCUT2D eigenvalue weighted by atomic mass is 10.3. The van der Waals surface area contributed by atoms with Gasteiger partial charge in [-0.05, 0) is 26.0 Å². The molecule has 0 atom stereocenters. The van der Waals surface area contributed by atoms with Crippen LogP contribution < -0.4 is 15.8 Å². The van der Waals surface area contributed by atoms with E-state index in [1.807, 2.05) is 32.0 Å². The summed E-state index contributed by atoms with van der Waals surface area (Å²) >= 11 is 0. The lowest BCUT2D eigenvalue weighted by Gasteiger charge is -2.11. The summed E-state index contributed by atoms with van der Waals surface area (Å²) in [6, 6.07) is 7.47. The van der Waals surface area contributed by atoms with Gasteiger partial charge in [0.15, 0.2) is 0 Å².